The molecule has 0 aromatic carbocycles. The third-order valence-electron chi connectivity index (χ3n) is 0. The first kappa shape index (κ1) is 16.2. The smallest absolute Gasteiger partial charge is 0.392 e. The van der Waals surface area contributed by atoms with Crippen molar-refractivity contribution in [3.63, 3.8) is 0 Å². The second-order valence-corrected chi connectivity index (χ2v) is 1.16. The van der Waals surface area contributed by atoms with Gasteiger partial charge in [-0.1, -0.05) is 0 Å². The van der Waals surface area contributed by atoms with Gasteiger partial charge >= 0.3 is 19.5 Å². The van der Waals surface area contributed by atoms with Gasteiger partial charge in [-0.05, 0) is 0 Å². The summed E-state index contributed by atoms with van der Waals surface area (Å²) in [6.45, 7) is 0. The van der Waals surface area contributed by atoms with E-state index in [9.17, 15) is 7.77 Å². The van der Waals surface area contributed by atoms with Gasteiger partial charge in [-0.3, -0.25) is 0 Å². The number of hydrogen-bond donors (Lipinski definition) is 0. The van der Waals surface area contributed by atoms with Gasteiger partial charge in [-0.2, -0.15) is 0 Å². The molecule has 0 radical (unpaired) electrons. The molecule has 4 nitrogen and oxygen atoms in total. The first-order valence-electron chi connectivity index (χ1n) is 0.975. The summed E-state index contributed by atoms with van der Waals surface area (Å²) in [6.07, 6.45) is 0. The fourth-order valence-corrected chi connectivity index (χ4v) is 0. The third kappa shape index (κ3) is 2320. The molecule has 0 amide bonds. The normalized spacial score (nSPS) is 7.56. The predicted octanol–water partition coefficient (Wildman–Crippen LogP) is 0.358. The van der Waals surface area contributed by atoms with Crippen LogP contribution >= 0.6 is 0 Å². The van der Waals surface area contributed by atoms with Gasteiger partial charge in [0.05, 0.1) is 22.2 Å². The maximum Gasteiger partial charge on any atom is 2.00 e. The summed E-state index contributed by atoms with van der Waals surface area (Å²) in [5, 5.41) is 0. The molecule has 0 fully saturated rings. The van der Waals surface area contributed by atoms with E-state index in [1.807, 2.05) is 0 Å². The molecule has 0 rings (SSSR count). The topological polar surface area (TPSA) is 68.3 Å². The number of halogens is 2. The zero-order valence-electron chi connectivity index (χ0n) is 3.91. The van der Waals surface area contributed by atoms with E-state index in [4.69, 9.17) is 16.8 Å². The van der Waals surface area contributed by atoms with Crippen molar-refractivity contribution < 1.29 is 44.1 Å². The van der Waals surface area contributed by atoms with Crippen LogP contribution in [0.3, 0.4) is 0 Å². The van der Waals surface area contributed by atoms with Gasteiger partial charge in [-0.25, -0.2) is 0 Å². The van der Waals surface area contributed by atoms with Gasteiger partial charge in [-0.15, -0.1) is 0 Å². The maximum absolute atomic E-state index is 9.92. The van der Waals surface area contributed by atoms with E-state index in [1.165, 1.54) is 0 Å². The van der Waals surface area contributed by atoms with Gasteiger partial charge in [0.25, 0.3) is 0 Å². The van der Waals surface area contributed by atoms with Crippen LogP contribution in [-0.2, 0) is 58.5 Å². The Balaban J connectivity index is -0.0000000720. The van der Waals surface area contributed by atoms with E-state index in [0.29, 0.717) is 0 Å². The second kappa shape index (κ2) is 11.2. The van der Waals surface area contributed by atoms with E-state index in [0.717, 1.165) is 0 Å². The zero-order valence-corrected chi connectivity index (χ0v) is 8.51. The van der Waals surface area contributed by atoms with Crippen molar-refractivity contribution in [1.82, 2.24) is 0 Å². The summed E-state index contributed by atoms with van der Waals surface area (Å²) in [6, 6.07) is 0. The Hall–Kier alpha value is 0.383. The van der Waals surface area contributed by atoms with Crippen LogP contribution in [-0.4, -0.2) is 0 Å². The molecule has 0 unspecified atom stereocenters. The van der Waals surface area contributed by atoms with Crippen LogP contribution in [0.4, 0.5) is 7.77 Å². The summed E-state index contributed by atoms with van der Waals surface area (Å²) >= 11 is -6.72. The molecule has 9 heavy (non-hydrogen) atoms. The number of hydrogen-bond acceptors (Lipinski definition) is 6. The van der Waals surface area contributed by atoms with Crippen LogP contribution in [0, 0.1) is 0 Å². The van der Waals surface area contributed by atoms with Gasteiger partial charge < -0.3 is 24.6 Å². The molecule has 0 aromatic rings. The van der Waals surface area contributed by atoms with E-state index >= 15 is 0 Å². The molecule has 0 N–H and O–H groups in total. The van der Waals surface area contributed by atoms with Crippen LogP contribution in [0.25, 0.3) is 0 Å². The Bertz CT molecular complexity index is 133. The van der Waals surface area contributed by atoms with E-state index in [-0.39, 0.29) is 19.5 Å². The molecule has 0 spiro atoms. The Labute approximate surface area is 66.5 Å². The van der Waals surface area contributed by atoms with Crippen molar-refractivity contribution in [3.8, 4) is 0 Å². The molecule has 52 valence electrons. The van der Waals surface area contributed by atoms with Crippen molar-refractivity contribution in [3.05, 3.63) is 0 Å². The Morgan fingerprint density at radius 3 is 0.778 bits per heavy atom. The zero-order chi connectivity index (χ0) is 7.15. The molecular weight excluding hydrogens is 232 g/mol. The Morgan fingerprint density at radius 2 is 0.778 bits per heavy atom. The van der Waals surface area contributed by atoms with Crippen molar-refractivity contribution in [1.29, 1.82) is 0 Å². The molecule has 0 aliphatic rings. The van der Waals surface area contributed by atoms with Crippen molar-refractivity contribution >= 4 is 22.2 Å². The average molecular weight is 232 g/mol. The van der Waals surface area contributed by atoms with Crippen LogP contribution in [0.2, 0.25) is 0 Å². The standard InChI is InChI=1S/2FO2S.Zn/c2*1-4(2)3;/q2*-1;+2. The minimum Gasteiger partial charge on any atom is -0.392 e. The second-order valence-electron chi connectivity index (χ2n) is 0.388. The van der Waals surface area contributed by atoms with Gasteiger partial charge in [0, 0.05) is 0 Å². The quantitative estimate of drug-likeness (QED) is 0.343. The molecule has 0 aliphatic carbocycles. The first-order valence-corrected chi connectivity index (χ1v) is 2.93. The van der Waals surface area contributed by atoms with Crippen LogP contribution in [0.1, 0.15) is 0 Å². The summed E-state index contributed by atoms with van der Waals surface area (Å²) in [4.78, 5) is 0. The predicted molar refractivity (Wildman–Crippen MR) is 19.7 cm³/mol. The fraction of sp³-hybridized carbons (Fsp3) is 0. The molecule has 0 aromatic heterocycles. The van der Waals surface area contributed by atoms with Crippen LogP contribution < -0.4 is 0 Å². The average Bonchev–Trinajstić information content (AvgIpc) is 1.25. The minimum atomic E-state index is -3.36. The van der Waals surface area contributed by atoms with Crippen molar-refractivity contribution in [2.24, 2.45) is 0 Å². The molecule has 0 atom stereocenters. The SMILES string of the molecule is O=[S-](=O)F.O=[S-](=O)F.[Zn+2]. The monoisotopic (exact) mass is 230 g/mol. The Kier molecular flexibility index (Phi) is 20.2. The molecule has 0 bridgehead atoms. The summed E-state index contributed by atoms with van der Waals surface area (Å²) in [5.41, 5.74) is 0. The summed E-state index contributed by atoms with van der Waals surface area (Å²) < 4.78 is 53.2. The molecule has 0 heterocycles. The largest absolute Gasteiger partial charge is 2.00 e. The van der Waals surface area contributed by atoms with Gasteiger partial charge in [0.1, 0.15) is 0 Å². The van der Waals surface area contributed by atoms with Gasteiger partial charge in [0.2, 0.25) is 0 Å². The van der Waals surface area contributed by atoms with Gasteiger partial charge in [0.15, 0.2) is 0 Å². The molecular formula is F2O4S2Zn. The fourth-order valence-electron chi connectivity index (χ4n) is 0. The van der Waals surface area contributed by atoms with Crippen LogP contribution in [0.15, 0.2) is 0 Å². The summed E-state index contributed by atoms with van der Waals surface area (Å²) in [5.74, 6) is 0. The van der Waals surface area contributed by atoms with E-state index < -0.39 is 22.2 Å². The van der Waals surface area contributed by atoms with E-state index in [1.54, 1.807) is 0 Å². The maximum atomic E-state index is 9.92. The molecule has 0 saturated heterocycles. The van der Waals surface area contributed by atoms with E-state index in [2.05, 4.69) is 0 Å². The van der Waals surface area contributed by atoms with Crippen molar-refractivity contribution in [2.45, 2.75) is 0 Å². The molecule has 0 aliphatic heterocycles. The third-order valence-corrected chi connectivity index (χ3v) is 0. The minimum absolute atomic E-state index is 0. The van der Waals surface area contributed by atoms with Crippen molar-refractivity contribution in [2.75, 3.05) is 0 Å². The number of rotatable bonds is 0. The van der Waals surface area contributed by atoms with Crippen LogP contribution in [0.5, 0.6) is 0 Å². The Morgan fingerprint density at radius 1 is 0.778 bits per heavy atom. The molecule has 0 saturated carbocycles. The molecule has 9 heteroatoms. The first-order chi connectivity index (χ1) is 3.46. The summed E-state index contributed by atoms with van der Waals surface area (Å²) in [7, 11) is 0.